The maximum absolute atomic E-state index is 6.37. The van der Waals surface area contributed by atoms with Gasteiger partial charge in [-0.05, 0) is 50.9 Å². The van der Waals surface area contributed by atoms with E-state index < -0.39 is 0 Å². The molecular formula is C15H14INO. The highest BCUT2D eigenvalue weighted by atomic mass is 127. The molecule has 0 aliphatic carbocycles. The molecule has 1 aliphatic rings. The molecule has 2 aromatic carbocycles. The van der Waals surface area contributed by atoms with Crippen molar-refractivity contribution in [3.05, 3.63) is 68.3 Å². The van der Waals surface area contributed by atoms with E-state index in [0.717, 1.165) is 12.2 Å². The Balaban J connectivity index is 1.98. The van der Waals surface area contributed by atoms with E-state index in [1.165, 1.54) is 20.3 Å². The van der Waals surface area contributed by atoms with E-state index in [9.17, 15) is 0 Å². The third-order valence-electron chi connectivity index (χ3n) is 3.34. The maximum atomic E-state index is 6.37. The summed E-state index contributed by atoms with van der Waals surface area (Å²) in [5, 5.41) is 0. The molecule has 1 atom stereocenters. The Kier molecular flexibility index (Phi) is 3.37. The molecule has 0 aromatic heterocycles. The lowest BCUT2D eigenvalue weighted by atomic mass is 9.96. The van der Waals surface area contributed by atoms with Crippen molar-refractivity contribution in [2.24, 2.45) is 5.73 Å². The van der Waals surface area contributed by atoms with Gasteiger partial charge in [0.1, 0.15) is 0 Å². The fraction of sp³-hybridized carbons (Fsp3) is 0.200. The standard InChI is InChI=1S/C15H14INO/c16-14-4-2-1-3-13(14)15(17)10-5-6-11-8-18-9-12(11)7-10/h1-7,15H,8-9,17H2. The number of ether oxygens (including phenoxy) is 1. The third-order valence-corrected chi connectivity index (χ3v) is 4.33. The highest BCUT2D eigenvalue weighted by Crippen LogP contribution is 2.28. The Morgan fingerprint density at radius 2 is 1.83 bits per heavy atom. The number of rotatable bonds is 2. The van der Waals surface area contributed by atoms with E-state index in [1.54, 1.807) is 0 Å². The smallest absolute Gasteiger partial charge is 0.0725 e. The van der Waals surface area contributed by atoms with Crippen molar-refractivity contribution in [1.82, 2.24) is 0 Å². The zero-order valence-electron chi connectivity index (χ0n) is 9.90. The highest BCUT2D eigenvalue weighted by molar-refractivity contribution is 14.1. The second-order valence-electron chi connectivity index (χ2n) is 4.52. The van der Waals surface area contributed by atoms with E-state index >= 15 is 0 Å². The second-order valence-corrected chi connectivity index (χ2v) is 5.68. The molecule has 2 N–H and O–H groups in total. The summed E-state index contributed by atoms with van der Waals surface area (Å²) < 4.78 is 6.64. The molecule has 0 spiro atoms. The lowest BCUT2D eigenvalue weighted by Crippen LogP contribution is -2.13. The topological polar surface area (TPSA) is 35.2 Å². The predicted molar refractivity (Wildman–Crippen MR) is 80.1 cm³/mol. The van der Waals surface area contributed by atoms with Gasteiger partial charge in [0.15, 0.2) is 0 Å². The van der Waals surface area contributed by atoms with Crippen LogP contribution in [0.25, 0.3) is 0 Å². The van der Waals surface area contributed by atoms with Gasteiger partial charge in [0.2, 0.25) is 0 Å². The van der Waals surface area contributed by atoms with Gasteiger partial charge in [-0.15, -0.1) is 0 Å². The van der Waals surface area contributed by atoms with Gasteiger partial charge in [0.25, 0.3) is 0 Å². The summed E-state index contributed by atoms with van der Waals surface area (Å²) in [4.78, 5) is 0. The monoisotopic (exact) mass is 351 g/mol. The van der Waals surface area contributed by atoms with Crippen LogP contribution in [0.1, 0.15) is 28.3 Å². The molecule has 0 amide bonds. The summed E-state index contributed by atoms with van der Waals surface area (Å²) in [6, 6.07) is 14.6. The third kappa shape index (κ3) is 2.18. The Morgan fingerprint density at radius 1 is 1.06 bits per heavy atom. The molecule has 1 unspecified atom stereocenters. The predicted octanol–water partition coefficient (Wildman–Crippen LogP) is 3.37. The van der Waals surface area contributed by atoms with Crippen LogP contribution in [0.4, 0.5) is 0 Å². The lowest BCUT2D eigenvalue weighted by molar-refractivity contribution is 0.134. The minimum Gasteiger partial charge on any atom is -0.372 e. The van der Waals surface area contributed by atoms with Gasteiger partial charge >= 0.3 is 0 Å². The Hall–Kier alpha value is -0.910. The van der Waals surface area contributed by atoms with Crippen LogP contribution in [0.3, 0.4) is 0 Å². The van der Waals surface area contributed by atoms with Crippen molar-refractivity contribution in [3.63, 3.8) is 0 Å². The van der Waals surface area contributed by atoms with Gasteiger partial charge in [-0.1, -0.05) is 36.4 Å². The summed E-state index contributed by atoms with van der Waals surface area (Å²) in [6.45, 7) is 1.44. The molecule has 1 aliphatic heterocycles. The quantitative estimate of drug-likeness (QED) is 0.842. The summed E-state index contributed by atoms with van der Waals surface area (Å²) in [7, 11) is 0. The van der Waals surface area contributed by atoms with E-state index in [1.807, 2.05) is 12.1 Å². The molecule has 0 radical (unpaired) electrons. The zero-order valence-corrected chi connectivity index (χ0v) is 12.1. The van der Waals surface area contributed by atoms with Crippen molar-refractivity contribution in [2.45, 2.75) is 19.3 Å². The van der Waals surface area contributed by atoms with E-state index in [0.29, 0.717) is 6.61 Å². The lowest BCUT2D eigenvalue weighted by Gasteiger charge is -2.15. The molecule has 0 bridgehead atoms. The molecule has 2 aromatic rings. The van der Waals surface area contributed by atoms with Gasteiger partial charge < -0.3 is 10.5 Å². The number of nitrogens with two attached hydrogens (primary N) is 1. The van der Waals surface area contributed by atoms with E-state index in [4.69, 9.17) is 10.5 Å². The molecular weight excluding hydrogens is 337 g/mol. The van der Waals surface area contributed by atoms with Gasteiger partial charge in [0.05, 0.1) is 19.3 Å². The minimum atomic E-state index is -0.0657. The first-order chi connectivity index (χ1) is 8.75. The Labute approximate surface area is 120 Å². The summed E-state index contributed by atoms with van der Waals surface area (Å²) >= 11 is 2.33. The summed E-state index contributed by atoms with van der Waals surface area (Å²) in [5.41, 5.74) is 11.3. The van der Waals surface area contributed by atoms with Crippen LogP contribution in [0.2, 0.25) is 0 Å². The first kappa shape index (κ1) is 12.1. The SMILES string of the molecule is NC(c1ccc2c(c1)COC2)c1ccccc1I. The van der Waals surface area contributed by atoms with Crippen LogP contribution in [0.15, 0.2) is 42.5 Å². The molecule has 0 saturated heterocycles. The van der Waals surface area contributed by atoms with Crippen LogP contribution >= 0.6 is 22.6 Å². The first-order valence-corrected chi connectivity index (χ1v) is 7.03. The first-order valence-electron chi connectivity index (χ1n) is 5.95. The van der Waals surface area contributed by atoms with Crippen LogP contribution in [-0.2, 0) is 18.0 Å². The van der Waals surface area contributed by atoms with Crippen molar-refractivity contribution >= 4 is 22.6 Å². The molecule has 2 nitrogen and oxygen atoms in total. The van der Waals surface area contributed by atoms with Crippen molar-refractivity contribution in [2.75, 3.05) is 0 Å². The second kappa shape index (κ2) is 4.99. The molecule has 18 heavy (non-hydrogen) atoms. The van der Waals surface area contributed by atoms with Gasteiger partial charge in [0, 0.05) is 3.57 Å². The van der Waals surface area contributed by atoms with Crippen LogP contribution in [0, 0.1) is 3.57 Å². The largest absolute Gasteiger partial charge is 0.372 e. The van der Waals surface area contributed by atoms with Gasteiger partial charge in [-0.25, -0.2) is 0 Å². The Bertz CT molecular complexity index is 582. The molecule has 0 fully saturated rings. The number of fused-ring (bicyclic) bond motifs is 1. The summed E-state index contributed by atoms with van der Waals surface area (Å²) in [6.07, 6.45) is 0. The molecule has 3 rings (SSSR count). The minimum absolute atomic E-state index is 0.0657. The molecule has 3 heteroatoms. The van der Waals surface area contributed by atoms with Crippen molar-refractivity contribution in [1.29, 1.82) is 0 Å². The number of halogens is 1. The van der Waals surface area contributed by atoms with Crippen molar-refractivity contribution in [3.8, 4) is 0 Å². The van der Waals surface area contributed by atoms with Crippen LogP contribution < -0.4 is 5.73 Å². The van der Waals surface area contributed by atoms with Crippen molar-refractivity contribution < 1.29 is 4.74 Å². The normalized spacial score (nSPS) is 15.4. The highest BCUT2D eigenvalue weighted by Gasteiger charge is 2.16. The number of benzene rings is 2. The average Bonchev–Trinajstić information content (AvgIpc) is 2.85. The van der Waals surface area contributed by atoms with E-state index in [-0.39, 0.29) is 6.04 Å². The molecule has 92 valence electrons. The summed E-state index contributed by atoms with van der Waals surface area (Å²) in [5.74, 6) is 0. The van der Waals surface area contributed by atoms with E-state index in [2.05, 4.69) is 52.9 Å². The average molecular weight is 351 g/mol. The fourth-order valence-corrected chi connectivity index (χ4v) is 3.02. The van der Waals surface area contributed by atoms with Crippen LogP contribution in [0.5, 0.6) is 0 Å². The zero-order chi connectivity index (χ0) is 12.5. The van der Waals surface area contributed by atoms with Gasteiger partial charge in [-0.2, -0.15) is 0 Å². The number of hydrogen-bond donors (Lipinski definition) is 1. The number of hydrogen-bond acceptors (Lipinski definition) is 2. The van der Waals surface area contributed by atoms with Gasteiger partial charge in [-0.3, -0.25) is 0 Å². The molecule has 1 heterocycles. The molecule has 0 saturated carbocycles. The fourth-order valence-electron chi connectivity index (χ4n) is 2.29. The Morgan fingerprint density at radius 3 is 2.67 bits per heavy atom. The maximum Gasteiger partial charge on any atom is 0.0725 e. The van der Waals surface area contributed by atoms with Crippen LogP contribution in [-0.4, -0.2) is 0 Å².